The lowest BCUT2D eigenvalue weighted by atomic mass is 9.87. The Kier molecular flexibility index (Phi) is 7.03. The van der Waals surface area contributed by atoms with E-state index in [1.165, 1.54) is 27.5 Å². The van der Waals surface area contributed by atoms with Crippen LogP contribution in [0.2, 0.25) is 0 Å². The molecule has 3 nitrogen and oxygen atoms in total. The molecule has 0 saturated heterocycles. The number of aromatic amines is 1. The lowest BCUT2D eigenvalue weighted by molar-refractivity contribution is 0.589. The van der Waals surface area contributed by atoms with Crippen molar-refractivity contribution in [2.24, 2.45) is 0 Å². The van der Waals surface area contributed by atoms with Crippen molar-refractivity contribution in [3.63, 3.8) is 0 Å². The minimum Gasteiger partial charge on any atom is -0.353 e. The van der Waals surface area contributed by atoms with E-state index in [1.807, 2.05) is 6.20 Å². The molecule has 0 unspecified atom stereocenters. The summed E-state index contributed by atoms with van der Waals surface area (Å²) in [6.45, 7) is 6.72. The molecule has 0 bridgehead atoms. The molecule has 0 spiro atoms. The Hall–Kier alpha value is -5.80. The SMILES string of the molecule is CC(C)(C)c1ccnc(-c2cccc3c2[nH]c2c(-c4cc(-c5ccccc5)cc(-c5cccc(-c6ccccc6)c5)n4)cccc23)c1. The summed E-state index contributed by atoms with van der Waals surface area (Å²) >= 11 is 0. The van der Waals surface area contributed by atoms with Crippen LogP contribution < -0.4 is 0 Å². The number of hydrogen-bond acceptors (Lipinski definition) is 2. The van der Waals surface area contributed by atoms with Crippen LogP contribution in [-0.2, 0) is 5.41 Å². The quantitative estimate of drug-likeness (QED) is 0.212. The molecular weight excluding hydrogens is 571 g/mol. The molecule has 0 aliphatic heterocycles. The third kappa shape index (κ3) is 5.40. The van der Waals surface area contributed by atoms with Crippen molar-refractivity contribution in [1.29, 1.82) is 0 Å². The summed E-state index contributed by atoms with van der Waals surface area (Å²) in [5.41, 5.74) is 14.2. The highest BCUT2D eigenvalue weighted by Crippen LogP contribution is 2.39. The number of nitrogens with zero attached hydrogens (tertiary/aromatic N) is 2. The Balaban J connectivity index is 1.32. The van der Waals surface area contributed by atoms with Crippen molar-refractivity contribution < 1.29 is 0 Å². The van der Waals surface area contributed by atoms with Gasteiger partial charge in [-0.25, -0.2) is 4.98 Å². The summed E-state index contributed by atoms with van der Waals surface area (Å²) in [6, 6.07) is 51.6. The Morgan fingerprint density at radius 2 is 1.00 bits per heavy atom. The molecule has 3 heteroatoms. The van der Waals surface area contributed by atoms with Gasteiger partial charge in [0.2, 0.25) is 0 Å². The second kappa shape index (κ2) is 11.5. The van der Waals surface area contributed by atoms with E-state index in [4.69, 9.17) is 9.97 Å². The number of nitrogens with one attached hydrogen (secondary N) is 1. The topological polar surface area (TPSA) is 41.6 Å². The monoisotopic (exact) mass is 605 g/mol. The largest absolute Gasteiger partial charge is 0.353 e. The van der Waals surface area contributed by atoms with Crippen LogP contribution >= 0.6 is 0 Å². The number of benzene rings is 5. The summed E-state index contributed by atoms with van der Waals surface area (Å²) in [7, 11) is 0. The number of para-hydroxylation sites is 2. The fraction of sp³-hybridized carbons (Fsp3) is 0.0909. The molecule has 0 saturated carbocycles. The van der Waals surface area contributed by atoms with Crippen molar-refractivity contribution >= 4 is 21.8 Å². The summed E-state index contributed by atoms with van der Waals surface area (Å²) in [4.78, 5) is 14.0. The van der Waals surface area contributed by atoms with Crippen LogP contribution in [0.4, 0.5) is 0 Å². The fourth-order valence-corrected chi connectivity index (χ4v) is 6.52. The average Bonchev–Trinajstić information content (AvgIpc) is 3.51. The van der Waals surface area contributed by atoms with Crippen molar-refractivity contribution in [3.05, 3.63) is 157 Å². The van der Waals surface area contributed by atoms with Gasteiger partial charge in [0.15, 0.2) is 0 Å². The molecule has 0 fully saturated rings. The molecule has 1 N–H and O–H groups in total. The van der Waals surface area contributed by atoms with Crippen LogP contribution in [0.25, 0.3) is 77.8 Å². The van der Waals surface area contributed by atoms with Gasteiger partial charge in [-0.3, -0.25) is 4.98 Å². The van der Waals surface area contributed by atoms with Crippen molar-refractivity contribution in [2.45, 2.75) is 26.2 Å². The first-order chi connectivity index (χ1) is 22.9. The van der Waals surface area contributed by atoms with E-state index in [1.54, 1.807) is 0 Å². The van der Waals surface area contributed by atoms with Gasteiger partial charge in [-0.05, 0) is 63.6 Å². The number of aromatic nitrogens is 3. The van der Waals surface area contributed by atoms with Crippen molar-refractivity contribution in [2.75, 3.05) is 0 Å². The maximum atomic E-state index is 5.34. The Labute approximate surface area is 275 Å². The van der Waals surface area contributed by atoms with E-state index >= 15 is 0 Å². The van der Waals surface area contributed by atoms with Gasteiger partial charge in [0.05, 0.1) is 28.1 Å². The summed E-state index contributed by atoms with van der Waals surface area (Å²) in [5, 5.41) is 2.35. The minimum absolute atomic E-state index is 0.0347. The van der Waals surface area contributed by atoms with Gasteiger partial charge in [0.1, 0.15) is 0 Å². The lowest BCUT2D eigenvalue weighted by Crippen LogP contribution is -2.11. The number of hydrogen-bond donors (Lipinski definition) is 1. The molecule has 3 heterocycles. The molecule has 0 aliphatic carbocycles. The second-order valence-electron chi connectivity index (χ2n) is 13.2. The van der Waals surface area contributed by atoms with Gasteiger partial charge in [-0.1, -0.05) is 136 Å². The van der Waals surface area contributed by atoms with Crippen LogP contribution in [0, 0.1) is 0 Å². The molecule has 0 amide bonds. The van der Waals surface area contributed by atoms with E-state index in [-0.39, 0.29) is 5.41 Å². The van der Waals surface area contributed by atoms with Crippen LogP contribution in [-0.4, -0.2) is 15.0 Å². The van der Waals surface area contributed by atoms with Crippen LogP contribution in [0.15, 0.2) is 152 Å². The van der Waals surface area contributed by atoms with E-state index in [0.29, 0.717) is 0 Å². The molecule has 0 radical (unpaired) electrons. The van der Waals surface area contributed by atoms with Gasteiger partial charge in [-0.15, -0.1) is 0 Å². The zero-order valence-electron chi connectivity index (χ0n) is 26.8. The standard InChI is InChI=1S/C44H35N3/c1-44(2,3)34-23-24-45-40(28-34)37-21-11-19-35-36-20-12-22-38(43(36)47-42(35)37)41-27-33(30-15-8-5-9-16-30)26-39(46-41)32-18-10-17-31(25-32)29-13-6-4-7-14-29/h4-28,47H,1-3H3. The van der Waals surface area contributed by atoms with Crippen LogP contribution in [0.5, 0.6) is 0 Å². The highest BCUT2D eigenvalue weighted by Gasteiger charge is 2.18. The lowest BCUT2D eigenvalue weighted by Gasteiger charge is -2.19. The van der Waals surface area contributed by atoms with E-state index in [0.717, 1.165) is 55.9 Å². The molecule has 0 atom stereocenters. The molecule has 8 aromatic rings. The summed E-state index contributed by atoms with van der Waals surface area (Å²) in [5.74, 6) is 0. The fourth-order valence-electron chi connectivity index (χ4n) is 6.52. The Bertz CT molecular complexity index is 2380. The van der Waals surface area contributed by atoms with Gasteiger partial charge in [0.25, 0.3) is 0 Å². The maximum absolute atomic E-state index is 5.34. The first-order valence-electron chi connectivity index (χ1n) is 16.2. The average molecular weight is 606 g/mol. The Morgan fingerprint density at radius 3 is 1.66 bits per heavy atom. The van der Waals surface area contributed by atoms with E-state index in [2.05, 4.69) is 171 Å². The number of fused-ring (bicyclic) bond motifs is 3. The Morgan fingerprint density at radius 1 is 0.447 bits per heavy atom. The zero-order valence-corrected chi connectivity index (χ0v) is 26.8. The predicted molar refractivity (Wildman–Crippen MR) is 197 cm³/mol. The zero-order chi connectivity index (χ0) is 32.0. The van der Waals surface area contributed by atoms with Crippen LogP contribution in [0.1, 0.15) is 26.3 Å². The second-order valence-corrected chi connectivity index (χ2v) is 13.2. The first kappa shape index (κ1) is 28.7. The highest BCUT2D eigenvalue weighted by molar-refractivity contribution is 6.15. The van der Waals surface area contributed by atoms with E-state index in [9.17, 15) is 0 Å². The molecule has 0 aliphatic rings. The van der Waals surface area contributed by atoms with Gasteiger partial charge < -0.3 is 4.98 Å². The maximum Gasteiger partial charge on any atom is 0.0736 e. The van der Waals surface area contributed by atoms with E-state index < -0.39 is 0 Å². The number of pyridine rings is 2. The molecule has 5 aromatic carbocycles. The minimum atomic E-state index is 0.0347. The smallest absolute Gasteiger partial charge is 0.0736 e. The third-order valence-electron chi connectivity index (χ3n) is 9.04. The van der Waals surface area contributed by atoms with Gasteiger partial charge >= 0.3 is 0 Å². The molecule has 8 rings (SSSR count). The molecule has 3 aromatic heterocycles. The summed E-state index contributed by atoms with van der Waals surface area (Å²) in [6.07, 6.45) is 1.93. The molecular formula is C44H35N3. The highest BCUT2D eigenvalue weighted by atomic mass is 14.8. The molecule has 47 heavy (non-hydrogen) atoms. The van der Waals surface area contributed by atoms with Crippen LogP contribution in [0.3, 0.4) is 0 Å². The van der Waals surface area contributed by atoms with Crippen molar-refractivity contribution in [3.8, 4) is 56.0 Å². The normalized spacial score (nSPS) is 11.7. The number of H-pyrrole nitrogens is 1. The molecule has 226 valence electrons. The summed E-state index contributed by atoms with van der Waals surface area (Å²) < 4.78 is 0. The van der Waals surface area contributed by atoms with Gasteiger partial charge in [0, 0.05) is 33.7 Å². The van der Waals surface area contributed by atoms with Crippen molar-refractivity contribution in [1.82, 2.24) is 15.0 Å². The predicted octanol–water partition coefficient (Wildman–Crippen LogP) is 11.7. The van der Waals surface area contributed by atoms with Gasteiger partial charge in [-0.2, -0.15) is 0 Å². The first-order valence-corrected chi connectivity index (χ1v) is 16.2. The third-order valence-corrected chi connectivity index (χ3v) is 9.04. The number of rotatable bonds is 5.